The molecular weight excluding hydrogens is 320 g/mol. The number of nitrogens with zero attached hydrogens (tertiary/aromatic N) is 3. The number of aliphatic hydroxyl groups is 1. The highest BCUT2D eigenvalue weighted by atomic mass is 16.5. The summed E-state index contributed by atoms with van der Waals surface area (Å²) in [6.07, 6.45) is 4.34. The lowest BCUT2D eigenvalue weighted by Crippen LogP contribution is -2.33. The lowest BCUT2D eigenvalue weighted by atomic mass is 10.2. The van der Waals surface area contributed by atoms with Crippen LogP contribution in [0.2, 0.25) is 0 Å². The standard InChI is InChI=1S/C18H24N4O3/c1-24-15-8-13-14(9-16(15)25-2)20-18(21-17(13)19-11-5-6-11)22-7-3-4-12(22)10-23/h8-9,11-12,23H,3-7,10H2,1-2H3,(H,19,20,21). The molecule has 7 nitrogen and oxygen atoms in total. The van der Waals surface area contributed by atoms with Crippen molar-refractivity contribution in [3.8, 4) is 11.5 Å². The zero-order valence-corrected chi connectivity index (χ0v) is 14.7. The zero-order chi connectivity index (χ0) is 17.4. The van der Waals surface area contributed by atoms with Gasteiger partial charge >= 0.3 is 0 Å². The van der Waals surface area contributed by atoms with E-state index >= 15 is 0 Å². The van der Waals surface area contributed by atoms with Crippen molar-refractivity contribution < 1.29 is 14.6 Å². The Morgan fingerprint density at radius 2 is 1.92 bits per heavy atom. The molecule has 25 heavy (non-hydrogen) atoms. The molecule has 1 saturated heterocycles. The van der Waals surface area contributed by atoms with Crippen molar-refractivity contribution >= 4 is 22.7 Å². The molecule has 134 valence electrons. The van der Waals surface area contributed by atoms with Gasteiger partial charge in [0, 0.05) is 24.0 Å². The molecule has 1 aromatic carbocycles. The van der Waals surface area contributed by atoms with E-state index in [9.17, 15) is 5.11 Å². The molecule has 0 amide bonds. The largest absolute Gasteiger partial charge is 0.493 e. The van der Waals surface area contributed by atoms with Crippen LogP contribution in [0.5, 0.6) is 11.5 Å². The van der Waals surface area contributed by atoms with Crippen LogP contribution < -0.4 is 19.7 Å². The first-order chi connectivity index (χ1) is 12.2. The molecule has 2 aromatic rings. The molecule has 2 aliphatic rings. The Kier molecular flexibility index (Phi) is 4.25. The third-order valence-electron chi connectivity index (χ3n) is 4.95. The van der Waals surface area contributed by atoms with Crippen LogP contribution in [0, 0.1) is 0 Å². The van der Waals surface area contributed by atoms with E-state index in [2.05, 4.69) is 10.2 Å². The number of hydrogen-bond donors (Lipinski definition) is 2. The number of benzene rings is 1. The van der Waals surface area contributed by atoms with Crippen molar-refractivity contribution in [1.82, 2.24) is 9.97 Å². The van der Waals surface area contributed by atoms with E-state index in [1.54, 1.807) is 14.2 Å². The molecule has 0 bridgehead atoms. The van der Waals surface area contributed by atoms with Gasteiger partial charge in [0.1, 0.15) is 5.82 Å². The van der Waals surface area contributed by atoms with Crippen LogP contribution in [-0.2, 0) is 0 Å². The number of aromatic nitrogens is 2. The van der Waals surface area contributed by atoms with Crippen LogP contribution in [0.1, 0.15) is 25.7 Å². The summed E-state index contributed by atoms with van der Waals surface area (Å²) in [7, 11) is 3.25. The summed E-state index contributed by atoms with van der Waals surface area (Å²) >= 11 is 0. The average Bonchev–Trinajstić information content (AvgIpc) is 3.32. The van der Waals surface area contributed by atoms with Crippen molar-refractivity contribution in [2.75, 3.05) is 37.6 Å². The van der Waals surface area contributed by atoms with Gasteiger partial charge in [-0.1, -0.05) is 0 Å². The Morgan fingerprint density at radius 3 is 2.60 bits per heavy atom. The van der Waals surface area contributed by atoms with Crippen molar-refractivity contribution in [2.45, 2.75) is 37.8 Å². The van der Waals surface area contributed by atoms with Gasteiger partial charge < -0.3 is 24.8 Å². The van der Waals surface area contributed by atoms with E-state index in [4.69, 9.17) is 19.4 Å². The summed E-state index contributed by atoms with van der Waals surface area (Å²) in [5.41, 5.74) is 0.814. The van der Waals surface area contributed by atoms with Gasteiger partial charge in [-0.15, -0.1) is 0 Å². The fourth-order valence-electron chi connectivity index (χ4n) is 3.39. The van der Waals surface area contributed by atoms with Crippen LogP contribution >= 0.6 is 0 Å². The minimum Gasteiger partial charge on any atom is -0.493 e. The first kappa shape index (κ1) is 16.2. The Hall–Kier alpha value is -2.28. The van der Waals surface area contributed by atoms with Crippen molar-refractivity contribution in [3.63, 3.8) is 0 Å². The SMILES string of the molecule is COc1cc2nc(N3CCCC3CO)nc(NC3CC3)c2cc1OC. The van der Waals surface area contributed by atoms with E-state index in [1.165, 1.54) is 0 Å². The monoisotopic (exact) mass is 344 g/mol. The molecule has 0 radical (unpaired) electrons. The summed E-state index contributed by atoms with van der Waals surface area (Å²) < 4.78 is 10.9. The second kappa shape index (κ2) is 6.55. The molecule has 2 heterocycles. The third kappa shape index (κ3) is 3.04. The lowest BCUT2D eigenvalue weighted by Gasteiger charge is -2.24. The quantitative estimate of drug-likeness (QED) is 0.831. The van der Waals surface area contributed by atoms with E-state index < -0.39 is 0 Å². The van der Waals surface area contributed by atoms with Crippen molar-refractivity contribution in [2.24, 2.45) is 0 Å². The fourth-order valence-corrected chi connectivity index (χ4v) is 3.39. The zero-order valence-electron chi connectivity index (χ0n) is 14.7. The van der Waals surface area contributed by atoms with Crippen LogP contribution in [0.4, 0.5) is 11.8 Å². The highest BCUT2D eigenvalue weighted by Crippen LogP contribution is 2.37. The van der Waals surface area contributed by atoms with E-state index in [1.807, 2.05) is 12.1 Å². The van der Waals surface area contributed by atoms with Crippen LogP contribution in [0.3, 0.4) is 0 Å². The molecule has 1 saturated carbocycles. The number of aliphatic hydroxyl groups excluding tert-OH is 1. The Labute approximate surface area is 147 Å². The molecular formula is C18H24N4O3. The van der Waals surface area contributed by atoms with Crippen molar-refractivity contribution in [3.05, 3.63) is 12.1 Å². The Bertz CT molecular complexity index is 778. The van der Waals surface area contributed by atoms with Gasteiger partial charge in [-0.25, -0.2) is 4.98 Å². The third-order valence-corrected chi connectivity index (χ3v) is 4.95. The molecule has 1 aliphatic carbocycles. The summed E-state index contributed by atoms with van der Waals surface area (Å²) in [5.74, 6) is 2.81. The predicted octanol–water partition coefficient (Wildman–Crippen LogP) is 2.18. The maximum absolute atomic E-state index is 9.64. The van der Waals surface area contributed by atoms with Gasteiger partial charge in [-0.2, -0.15) is 4.98 Å². The van der Waals surface area contributed by atoms with Gasteiger partial charge in [-0.05, 0) is 31.7 Å². The van der Waals surface area contributed by atoms with E-state index in [0.717, 1.165) is 48.9 Å². The van der Waals surface area contributed by atoms with Crippen LogP contribution in [0.25, 0.3) is 10.9 Å². The predicted molar refractivity (Wildman–Crippen MR) is 96.7 cm³/mol. The lowest BCUT2D eigenvalue weighted by molar-refractivity contribution is 0.265. The Morgan fingerprint density at radius 1 is 1.16 bits per heavy atom. The average molecular weight is 344 g/mol. The number of hydrogen-bond acceptors (Lipinski definition) is 7. The molecule has 1 aromatic heterocycles. The van der Waals surface area contributed by atoms with Gasteiger partial charge in [0.25, 0.3) is 0 Å². The molecule has 2 fully saturated rings. The minimum absolute atomic E-state index is 0.0892. The van der Waals surface area contributed by atoms with Gasteiger partial charge in [0.05, 0.1) is 32.4 Å². The van der Waals surface area contributed by atoms with Crippen molar-refractivity contribution in [1.29, 1.82) is 0 Å². The highest BCUT2D eigenvalue weighted by Gasteiger charge is 2.28. The second-order valence-electron chi connectivity index (χ2n) is 6.69. The molecule has 7 heteroatoms. The maximum Gasteiger partial charge on any atom is 0.228 e. The first-order valence-corrected chi connectivity index (χ1v) is 8.81. The number of nitrogens with one attached hydrogen (secondary N) is 1. The Balaban J connectivity index is 1.84. The highest BCUT2D eigenvalue weighted by molar-refractivity contribution is 5.93. The summed E-state index contributed by atoms with van der Waals surface area (Å²) in [5, 5.41) is 14.1. The number of methoxy groups -OCH3 is 2. The topological polar surface area (TPSA) is 79.7 Å². The smallest absolute Gasteiger partial charge is 0.228 e. The van der Waals surface area contributed by atoms with Gasteiger partial charge in [-0.3, -0.25) is 0 Å². The number of fused-ring (bicyclic) bond motifs is 1. The fraction of sp³-hybridized carbons (Fsp3) is 0.556. The van der Waals surface area contributed by atoms with E-state index in [0.29, 0.717) is 23.5 Å². The van der Waals surface area contributed by atoms with Crippen LogP contribution in [-0.4, -0.2) is 54.5 Å². The second-order valence-corrected chi connectivity index (χ2v) is 6.69. The maximum atomic E-state index is 9.64. The summed E-state index contributed by atoms with van der Waals surface area (Å²) in [4.78, 5) is 11.6. The van der Waals surface area contributed by atoms with Gasteiger partial charge in [0.15, 0.2) is 11.5 Å². The first-order valence-electron chi connectivity index (χ1n) is 8.81. The molecule has 1 aliphatic heterocycles. The van der Waals surface area contributed by atoms with E-state index in [-0.39, 0.29) is 12.6 Å². The van der Waals surface area contributed by atoms with Crippen LogP contribution in [0.15, 0.2) is 12.1 Å². The van der Waals surface area contributed by atoms with Gasteiger partial charge in [0.2, 0.25) is 5.95 Å². The molecule has 0 spiro atoms. The number of ether oxygens (including phenoxy) is 2. The molecule has 1 atom stereocenters. The molecule has 4 rings (SSSR count). The number of anilines is 2. The molecule has 1 unspecified atom stereocenters. The summed E-state index contributed by atoms with van der Waals surface area (Å²) in [6.45, 7) is 0.992. The molecule has 2 N–H and O–H groups in total. The minimum atomic E-state index is 0.0892. The summed E-state index contributed by atoms with van der Waals surface area (Å²) in [6, 6.07) is 4.38. The normalized spacial score (nSPS) is 20.1. The number of rotatable bonds is 6.